The first-order chi connectivity index (χ1) is 7.65. The lowest BCUT2D eigenvalue weighted by Crippen LogP contribution is -1.84. The Morgan fingerprint density at radius 3 is 2.56 bits per heavy atom. The van der Waals surface area contributed by atoms with Gasteiger partial charge in [-0.3, -0.25) is 0 Å². The standard InChI is InChI=1S/C10H7FN2S.C2H6/c1-5-2-3-7(11)9-8(5)6(4-12)10(13)14-9;1-2/h2-3H,13H2,1H3;1-2H3. The van der Waals surface area contributed by atoms with Gasteiger partial charge in [0.15, 0.2) is 0 Å². The van der Waals surface area contributed by atoms with Gasteiger partial charge in [0.2, 0.25) is 0 Å². The first-order valence-electron chi connectivity index (χ1n) is 5.02. The van der Waals surface area contributed by atoms with Crippen LogP contribution in [-0.2, 0) is 0 Å². The van der Waals surface area contributed by atoms with Crippen LogP contribution in [0.5, 0.6) is 0 Å². The molecule has 0 saturated heterocycles. The average molecular weight is 236 g/mol. The van der Waals surface area contributed by atoms with E-state index in [9.17, 15) is 4.39 Å². The topological polar surface area (TPSA) is 49.8 Å². The summed E-state index contributed by atoms with van der Waals surface area (Å²) in [5.41, 5.74) is 6.90. The normalized spacial score (nSPS) is 9.44. The molecule has 0 aliphatic rings. The summed E-state index contributed by atoms with van der Waals surface area (Å²) >= 11 is 1.12. The molecule has 1 aromatic carbocycles. The summed E-state index contributed by atoms with van der Waals surface area (Å²) in [6.45, 7) is 5.84. The van der Waals surface area contributed by atoms with Gasteiger partial charge in [-0.25, -0.2) is 4.39 Å². The van der Waals surface area contributed by atoms with Crippen LogP contribution in [0.1, 0.15) is 25.0 Å². The van der Waals surface area contributed by atoms with Gasteiger partial charge in [0.05, 0.1) is 10.3 Å². The molecule has 0 atom stereocenters. The second-order valence-corrected chi connectivity index (χ2v) is 4.07. The lowest BCUT2D eigenvalue weighted by molar-refractivity contribution is 0.641. The number of halogens is 1. The molecule has 0 saturated carbocycles. The summed E-state index contributed by atoms with van der Waals surface area (Å²) in [6, 6.07) is 5.06. The Hall–Kier alpha value is -1.60. The lowest BCUT2D eigenvalue weighted by Gasteiger charge is -1.96. The highest BCUT2D eigenvalue weighted by atomic mass is 32.1. The van der Waals surface area contributed by atoms with Crippen molar-refractivity contribution in [2.24, 2.45) is 0 Å². The van der Waals surface area contributed by atoms with Gasteiger partial charge in [0, 0.05) is 5.39 Å². The predicted octanol–water partition coefficient (Wildman–Crippen LogP) is 3.83. The average Bonchev–Trinajstić information content (AvgIpc) is 2.64. The van der Waals surface area contributed by atoms with Gasteiger partial charge < -0.3 is 5.73 Å². The summed E-state index contributed by atoms with van der Waals surface area (Å²) in [5.74, 6) is -0.316. The second kappa shape index (κ2) is 4.95. The van der Waals surface area contributed by atoms with Gasteiger partial charge in [0.25, 0.3) is 0 Å². The molecule has 2 rings (SSSR count). The molecule has 0 bridgehead atoms. The third-order valence-corrected chi connectivity index (χ3v) is 3.17. The van der Waals surface area contributed by atoms with Crippen LogP contribution < -0.4 is 5.73 Å². The van der Waals surface area contributed by atoms with Crippen LogP contribution in [-0.4, -0.2) is 0 Å². The minimum Gasteiger partial charge on any atom is -0.389 e. The van der Waals surface area contributed by atoms with Crippen LogP contribution in [0.3, 0.4) is 0 Å². The van der Waals surface area contributed by atoms with E-state index in [1.54, 1.807) is 6.07 Å². The van der Waals surface area contributed by atoms with Crippen LogP contribution in [0.2, 0.25) is 0 Å². The lowest BCUT2D eigenvalue weighted by atomic mass is 10.1. The predicted molar refractivity (Wildman–Crippen MR) is 67.0 cm³/mol. The van der Waals surface area contributed by atoms with Gasteiger partial charge in [-0.2, -0.15) is 5.26 Å². The Morgan fingerprint density at radius 2 is 2.00 bits per heavy atom. The van der Waals surface area contributed by atoms with E-state index in [2.05, 4.69) is 0 Å². The third kappa shape index (κ3) is 1.86. The number of rotatable bonds is 0. The fourth-order valence-electron chi connectivity index (χ4n) is 1.46. The molecule has 0 radical (unpaired) electrons. The first-order valence-corrected chi connectivity index (χ1v) is 5.84. The van der Waals surface area contributed by atoms with E-state index in [1.807, 2.05) is 26.8 Å². The zero-order chi connectivity index (χ0) is 12.3. The highest BCUT2D eigenvalue weighted by Crippen LogP contribution is 2.36. The molecule has 2 nitrogen and oxygen atoms in total. The van der Waals surface area contributed by atoms with E-state index in [1.165, 1.54) is 6.07 Å². The van der Waals surface area contributed by atoms with Crippen molar-refractivity contribution in [3.8, 4) is 6.07 Å². The number of benzene rings is 1. The van der Waals surface area contributed by atoms with Gasteiger partial charge >= 0.3 is 0 Å². The van der Waals surface area contributed by atoms with Gasteiger partial charge in [-0.15, -0.1) is 11.3 Å². The highest BCUT2D eigenvalue weighted by Gasteiger charge is 2.14. The summed E-state index contributed by atoms with van der Waals surface area (Å²) in [7, 11) is 0. The SMILES string of the molecule is CC.Cc1ccc(F)c2sc(N)c(C#N)c12. The van der Waals surface area contributed by atoms with Crippen molar-refractivity contribution < 1.29 is 4.39 Å². The Balaban J connectivity index is 0.000000606. The van der Waals surface area contributed by atoms with Crippen LogP contribution in [0.25, 0.3) is 10.1 Å². The molecule has 0 fully saturated rings. The highest BCUT2D eigenvalue weighted by molar-refractivity contribution is 7.23. The molecule has 2 aromatic rings. The molecule has 1 aromatic heterocycles. The Bertz CT molecular complexity index is 552. The third-order valence-electron chi connectivity index (χ3n) is 2.14. The van der Waals surface area contributed by atoms with Crippen molar-refractivity contribution in [2.75, 3.05) is 5.73 Å². The number of nitrogen functional groups attached to an aromatic ring is 1. The van der Waals surface area contributed by atoms with Crippen molar-refractivity contribution in [1.82, 2.24) is 0 Å². The maximum Gasteiger partial charge on any atom is 0.141 e. The first kappa shape index (κ1) is 12.5. The number of fused-ring (bicyclic) bond motifs is 1. The smallest absolute Gasteiger partial charge is 0.141 e. The van der Waals surface area contributed by atoms with E-state index >= 15 is 0 Å². The number of nitriles is 1. The maximum atomic E-state index is 13.3. The van der Waals surface area contributed by atoms with Crippen LogP contribution in [0, 0.1) is 24.1 Å². The molecule has 0 amide bonds. The number of nitrogens with two attached hydrogens (primary N) is 1. The maximum absolute atomic E-state index is 13.3. The van der Waals surface area contributed by atoms with Crippen molar-refractivity contribution in [2.45, 2.75) is 20.8 Å². The van der Waals surface area contributed by atoms with Gasteiger partial charge in [-0.1, -0.05) is 19.9 Å². The van der Waals surface area contributed by atoms with Crippen LogP contribution >= 0.6 is 11.3 Å². The molecule has 1 heterocycles. The largest absolute Gasteiger partial charge is 0.389 e. The monoisotopic (exact) mass is 236 g/mol. The van der Waals surface area contributed by atoms with Crippen molar-refractivity contribution in [3.63, 3.8) is 0 Å². The number of anilines is 1. The van der Waals surface area contributed by atoms with E-state index in [-0.39, 0.29) is 5.82 Å². The molecule has 0 spiro atoms. The quantitative estimate of drug-likeness (QED) is 0.755. The van der Waals surface area contributed by atoms with Gasteiger partial charge in [-0.05, 0) is 18.6 Å². The second-order valence-electron chi connectivity index (χ2n) is 3.02. The zero-order valence-electron chi connectivity index (χ0n) is 9.47. The molecule has 4 heteroatoms. The van der Waals surface area contributed by atoms with Crippen LogP contribution in [0.4, 0.5) is 9.39 Å². The van der Waals surface area contributed by atoms with Crippen molar-refractivity contribution >= 4 is 26.4 Å². The number of hydrogen-bond donors (Lipinski definition) is 1. The summed E-state index contributed by atoms with van der Waals surface area (Å²) < 4.78 is 13.8. The van der Waals surface area contributed by atoms with E-state index in [0.29, 0.717) is 20.7 Å². The fraction of sp³-hybridized carbons (Fsp3) is 0.250. The van der Waals surface area contributed by atoms with E-state index in [0.717, 1.165) is 16.9 Å². The summed E-state index contributed by atoms with van der Waals surface area (Å²) in [4.78, 5) is 0. The van der Waals surface area contributed by atoms with E-state index in [4.69, 9.17) is 11.0 Å². The molecular weight excluding hydrogens is 223 g/mol. The summed E-state index contributed by atoms with van der Waals surface area (Å²) in [5, 5.41) is 9.91. The molecule has 0 aliphatic carbocycles. The molecule has 2 N–H and O–H groups in total. The molecular formula is C12H13FN2S. The number of nitrogens with zero attached hydrogens (tertiary/aromatic N) is 1. The zero-order valence-corrected chi connectivity index (χ0v) is 10.3. The molecule has 0 aliphatic heterocycles. The number of hydrogen-bond acceptors (Lipinski definition) is 3. The Kier molecular flexibility index (Phi) is 3.86. The minimum absolute atomic E-state index is 0.316. The van der Waals surface area contributed by atoms with Crippen LogP contribution in [0.15, 0.2) is 12.1 Å². The summed E-state index contributed by atoms with van der Waals surface area (Å²) in [6.07, 6.45) is 0. The molecule has 16 heavy (non-hydrogen) atoms. The van der Waals surface area contributed by atoms with Crippen molar-refractivity contribution in [3.05, 3.63) is 29.1 Å². The molecule has 84 valence electrons. The number of aryl methyl sites for hydroxylation is 1. The Labute approximate surface area is 98.1 Å². The number of thiophene rings is 1. The fourth-order valence-corrected chi connectivity index (χ4v) is 2.46. The molecule has 0 unspecified atom stereocenters. The Morgan fingerprint density at radius 1 is 1.38 bits per heavy atom. The van der Waals surface area contributed by atoms with Crippen molar-refractivity contribution in [1.29, 1.82) is 5.26 Å². The van der Waals surface area contributed by atoms with E-state index < -0.39 is 0 Å². The minimum atomic E-state index is -0.316. The van der Waals surface area contributed by atoms with Gasteiger partial charge in [0.1, 0.15) is 16.9 Å².